The fraction of sp³-hybridized carbons (Fsp3) is 0.385. The van der Waals surface area contributed by atoms with Gasteiger partial charge in [-0.25, -0.2) is 9.97 Å². The number of nitrogens with zero attached hydrogens (tertiary/aromatic N) is 3. The lowest BCUT2D eigenvalue weighted by molar-refractivity contribution is 0.105. The zero-order valence-electron chi connectivity index (χ0n) is 18.8. The molecule has 5 rings (SSSR count). The molecule has 170 valence electrons. The van der Waals surface area contributed by atoms with Gasteiger partial charge < -0.3 is 19.5 Å². The number of benzene rings is 2. The highest BCUT2D eigenvalue weighted by atomic mass is 16.5. The average Bonchev–Trinajstić information content (AvgIpc) is 3.46. The van der Waals surface area contributed by atoms with Gasteiger partial charge in [-0.3, -0.25) is 4.90 Å². The number of methoxy groups -OCH3 is 1. The Morgan fingerprint density at radius 1 is 1.21 bits per heavy atom. The van der Waals surface area contributed by atoms with Crippen LogP contribution in [0.25, 0.3) is 10.9 Å². The molecule has 0 aliphatic carbocycles. The highest BCUT2D eigenvalue weighted by Gasteiger charge is 2.38. The number of nitrogens with one attached hydrogen (secondary N) is 1. The largest absolute Gasteiger partial charge is 0.493 e. The zero-order valence-corrected chi connectivity index (χ0v) is 18.8. The van der Waals surface area contributed by atoms with Gasteiger partial charge in [-0.1, -0.05) is 12.0 Å². The second kappa shape index (κ2) is 9.65. The summed E-state index contributed by atoms with van der Waals surface area (Å²) in [4.78, 5) is 11.4. The van der Waals surface area contributed by atoms with Crippen molar-refractivity contribution < 1.29 is 14.2 Å². The van der Waals surface area contributed by atoms with E-state index in [0.29, 0.717) is 36.1 Å². The van der Waals surface area contributed by atoms with Gasteiger partial charge in [-0.05, 0) is 43.5 Å². The third-order valence-corrected chi connectivity index (χ3v) is 6.40. The fourth-order valence-electron chi connectivity index (χ4n) is 4.78. The first-order valence-electron chi connectivity index (χ1n) is 11.4. The van der Waals surface area contributed by atoms with Crippen molar-refractivity contribution in [2.24, 2.45) is 0 Å². The third kappa shape index (κ3) is 4.58. The number of hydrogen-bond acceptors (Lipinski definition) is 7. The molecule has 2 fully saturated rings. The number of rotatable bonds is 8. The van der Waals surface area contributed by atoms with Gasteiger partial charge in [0.1, 0.15) is 12.1 Å². The summed E-state index contributed by atoms with van der Waals surface area (Å²) < 4.78 is 17.5. The summed E-state index contributed by atoms with van der Waals surface area (Å²) in [6.07, 6.45) is 10.7. The van der Waals surface area contributed by atoms with Crippen LogP contribution >= 0.6 is 0 Å². The maximum absolute atomic E-state index is 6.16. The molecule has 2 aromatic carbocycles. The molecule has 0 bridgehead atoms. The van der Waals surface area contributed by atoms with Crippen molar-refractivity contribution in [2.75, 3.05) is 38.7 Å². The minimum atomic E-state index is 0.429. The molecule has 1 N–H and O–H groups in total. The van der Waals surface area contributed by atoms with Gasteiger partial charge in [-0.15, -0.1) is 6.42 Å². The Balaban J connectivity index is 1.30. The molecule has 7 nitrogen and oxygen atoms in total. The predicted molar refractivity (Wildman–Crippen MR) is 128 cm³/mol. The lowest BCUT2D eigenvalue weighted by Crippen LogP contribution is -2.33. The molecule has 2 aliphatic heterocycles. The smallest absolute Gasteiger partial charge is 0.162 e. The molecule has 3 heterocycles. The van der Waals surface area contributed by atoms with Crippen LogP contribution in [0.4, 0.5) is 11.5 Å². The van der Waals surface area contributed by atoms with Crippen LogP contribution in [0.2, 0.25) is 0 Å². The molecule has 0 spiro atoms. The first-order valence-corrected chi connectivity index (χ1v) is 11.4. The van der Waals surface area contributed by atoms with Crippen molar-refractivity contribution in [1.29, 1.82) is 0 Å². The highest BCUT2D eigenvalue weighted by molar-refractivity contribution is 5.93. The molecule has 1 aromatic heterocycles. The van der Waals surface area contributed by atoms with Gasteiger partial charge in [0.2, 0.25) is 0 Å². The van der Waals surface area contributed by atoms with E-state index >= 15 is 0 Å². The number of ether oxygens (including phenoxy) is 3. The van der Waals surface area contributed by atoms with E-state index in [1.165, 1.54) is 6.33 Å². The lowest BCUT2D eigenvalue weighted by atomic mass is 10.1. The topological polar surface area (TPSA) is 68.7 Å². The minimum absolute atomic E-state index is 0.429. The van der Waals surface area contributed by atoms with Crippen molar-refractivity contribution in [1.82, 2.24) is 14.9 Å². The molecule has 0 amide bonds. The molecular weight excluding hydrogens is 416 g/mol. The van der Waals surface area contributed by atoms with Crippen LogP contribution in [0.5, 0.6) is 11.5 Å². The number of likely N-dealkylation sites (tertiary alicyclic amines) is 1. The monoisotopic (exact) mass is 444 g/mol. The minimum Gasteiger partial charge on any atom is -0.493 e. The Morgan fingerprint density at radius 2 is 2.15 bits per heavy atom. The second-order valence-corrected chi connectivity index (χ2v) is 8.38. The van der Waals surface area contributed by atoms with Crippen LogP contribution in [0, 0.1) is 12.3 Å². The van der Waals surface area contributed by atoms with Crippen LogP contribution in [0.15, 0.2) is 42.7 Å². The summed E-state index contributed by atoms with van der Waals surface area (Å²) in [7, 11) is 1.64. The normalized spacial score (nSPS) is 19.9. The van der Waals surface area contributed by atoms with Crippen LogP contribution < -0.4 is 14.8 Å². The predicted octanol–water partition coefficient (Wildman–Crippen LogP) is 4.00. The summed E-state index contributed by atoms with van der Waals surface area (Å²) in [5.41, 5.74) is 2.44. The molecule has 2 saturated heterocycles. The van der Waals surface area contributed by atoms with Gasteiger partial charge in [0.15, 0.2) is 11.5 Å². The highest BCUT2D eigenvalue weighted by Crippen LogP contribution is 2.35. The Bertz CT molecular complexity index is 1180. The first kappa shape index (κ1) is 21.5. The number of fused-ring (bicyclic) bond motifs is 2. The fourth-order valence-corrected chi connectivity index (χ4v) is 4.78. The van der Waals surface area contributed by atoms with Crippen molar-refractivity contribution in [2.45, 2.75) is 31.4 Å². The van der Waals surface area contributed by atoms with Crippen molar-refractivity contribution in [3.05, 3.63) is 48.3 Å². The summed E-state index contributed by atoms with van der Waals surface area (Å²) in [6.45, 7) is 3.63. The van der Waals surface area contributed by atoms with E-state index in [2.05, 4.69) is 26.1 Å². The van der Waals surface area contributed by atoms with Gasteiger partial charge in [0.25, 0.3) is 0 Å². The van der Waals surface area contributed by atoms with E-state index in [4.69, 9.17) is 20.6 Å². The number of anilines is 2. The lowest BCUT2D eigenvalue weighted by Gasteiger charge is -2.22. The van der Waals surface area contributed by atoms with Gasteiger partial charge >= 0.3 is 0 Å². The Hall–Kier alpha value is -3.34. The summed E-state index contributed by atoms with van der Waals surface area (Å²) in [5, 5.41) is 4.20. The van der Waals surface area contributed by atoms with Crippen LogP contribution in [0.1, 0.15) is 24.8 Å². The molecule has 2 aliphatic rings. The van der Waals surface area contributed by atoms with Gasteiger partial charge in [-0.2, -0.15) is 0 Å². The van der Waals surface area contributed by atoms with Crippen LogP contribution in [0.3, 0.4) is 0 Å². The summed E-state index contributed by atoms with van der Waals surface area (Å²) in [6, 6.07) is 12.1. The van der Waals surface area contributed by atoms with E-state index in [9.17, 15) is 0 Å². The summed E-state index contributed by atoms with van der Waals surface area (Å²) in [5.74, 6) is 4.69. The standard InChI is InChI=1S/C26H28N4O3/c1-3-18-6-4-7-19(14-18)29-26-20-15-25(24(31-2)16-21(20)27-17-28-26)32-12-5-10-30-11-8-23-22(30)9-13-33-23/h1,4,6-7,14-17,22-23H,5,8-13H2,2H3,(H,27,28,29). The Labute approximate surface area is 194 Å². The maximum Gasteiger partial charge on any atom is 0.162 e. The van der Waals surface area contributed by atoms with Crippen molar-refractivity contribution in [3.8, 4) is 23.8 Å². The average molecular weight is 445 g/mol. The number of terminal acetylenes is 1. The molecule has 0 saturated carbocycles. The second-order valence-electron chi connectivity index (χ2n) is 8.38. The molecular formula is C26H28N4O3. The zero-order chi connectivity index (χ0) is 22.6. The number of hydrogen-bond donors (Lipinski definition) is 1. The molecule has 2 unspecified atom stereocenters. The van der Waals surface area contributed by atoms with E-state index in [-0.39, 0.29) is 0 Å². The van der Waals surface area contributed by atoms with E-state index in [1.54, 1.807) is 7.11 Å². The van der Waals surface area contributed by atoms with Crippen LogP contribution in [-0.4, -0.2) is 60.4 Å². The van der Waals surface area contributed by atoms with E-state index in [1.807, 2.05) is 36.4 Å². The van der Waals surface area contributed by atoms with Crippen molar-refractivity contribution >= 4 is 22.4 Å². The Kier molecular flexibility index (Phi) is 6.29. The van der Waals surface area contributed by atoms with Crippen molar-refractivity contribution in [3.63, 3.8) is 0 Å². The van der Waals surface area contributed by atoms with Gasteiger partial charge in [0, 0.05) is 48.4 Å². The van der Waals surface area contributed by atoms with Gasteiger partial charge in [0.05, 0.1) is 25.3 Å². The molecule has 0 radical (unpaired) electrons. The molecule has 33 heavy (non-hydrogen) atoms. The van der Waals surface area contributed by atoms with E-state index in [0.717, 1.165) is 61.1 Å². The molecule has 7 heteroatoms. The first-order chi connectivity index (χ1) is 16.2. The maximum atomic E-state index is 6.16. The van der Waals surface area contributed by atoms with Crippen LogP contribution in [-0.2, 0) is 4.74 Å². The molecule has 3 aromatic rings. The third-order valence-electron chi connectivity index (χ3n) is 6.40. The Morgan fingerprint density at radius 3 is 3.03 bits per heavy atom. The molecule has 2 atom stereocenters. The summed E-state index contributed by atoms with van der Waals surface area (Å²) >= 11 is 0. The SMILES string of the molecule is C#Cc1cccc(Nc2ncnc3cc(OC)c(OCCCN4CCC5OCCC54)cc23)c1. The number of aromatic nitrogens is 2. The quantitative estimate of drug-likeness (QED) is 0.416. The van der Waals surface area contributed by atoms with E-state index < -0.39 is 0 Å².